The maximum absolute atomic E-state index is 11.8. The molecule has 1 aliphatic rings. The van der Waals surface area contributed by atoms with E-state index in [2.05, 4.69) is 15.6 Å². The number of aliphatic hydroxyl groups is 1. The number of nitrogens with zero attached hydrogens (tertiary/aromatic N) is 2. The van der Waals surface area contributed by atoms with E-state index in [0.717, 1.165) is 0 Å². The van der Waals surface area contributed by atoms with E-state index < -0.39 is 5.60 Å². The second-order valence-electron chi connectivity index (χ2n) is 6.17. The van der Waals surface area contributed by atoms with E-state index in [1.807, 2.05) is 6.92 Å². The monoisotopic (exact) mass is 478 g/mol. The molecule has 0 aromatic carbocycles. The van der Waals surface area contributed by atoms with Gasteiger partial charge in [-0.25, -0.2) is 4.99 Å². The fraction of sp³-hybridized carbons (Fsp3) is 0.588. The summed E-state index contributed by atoms with van der Waals surface area (Å²) in [5.41, 5.74) is -1.22. The maximum Gasteiger partial charge on any atom is 0.229 e. The molecule has 2 heterocycles. The van der Waals surface area contributed by atoms with Crippen LogP contribution in [0.3, 0.4) is 0 Å². The lowest BCUT2D eigenvalue weighted by Crippen LogP contribution is -2.46. The lowest BCUT2D eigenvalue weighted by Gasteiger charge is -2.25. The minimum atomic E-state index is -1.22. The number of furan rings is 1. The highest BCUT2D eigenvalue weighted by molar-refractivity contribution is 14.0. The van der Waals surface area contributed by atoms with Crippen molar-refractivity contribution in [1.29, 1.82) is 0 Å². The minimum absolute atomic E-state index is 0. The zero-order valence-electron chi connectivity index (χ0n) is 15.2. The van der Waals surface area contributed by atoms with Gasteiger partial charge in [-0.15, -0.1) is 24.0 Å². The summed E-state index contributed by atoms with van der Waals surface area (Å²) in [4.78, 5) is 29.2. The summed E-state index contributed by atoms with van der Waals surface area (Å²) in [6.07, 6.45) is 2.98. The van der Waals surface area contributed by atoms with Gasteiger partial charge in [0.15, 0.2) is 5.96 Å². The average molecular weight is 478 g/mol. The molecular formula is C17H27IN4O4. The molecule has 9 heteroatoms. The van der Waals surface area contributed by atoms with Crippen LogP contribution in [-0.2, 0) is 15.2 Å². The van der Waals surface area contributed by atoms with Crippen molar-refractivity contribution in [3.05, 3.63) is 24.2 Å². The summed E-state index contributed by atoms with van der Waals surface area (Å²) in [6, 6.07) is 3.41. The Bertz CT molecular complexity index is 600. The molecular weight excluding hydrogens is 451 g/mol. The predicted octanol–water partition coefficient (Wildman–Crippen LogP) is 1.20. The molecule has 0 saturated carbocycles. The summed E-state index contributed by atoms with van der Waals surface area (Å²) < 4.78 is 5.23. The number of aliphatic imine (C=N–C) groups is 1. The van der Waals surface area contributed by atoms with Crippen molar-refractivity contribution in [2.75, 3.05) is 26.2 Å². The number of carbonyl (C=O) groups is 2. The minimum Gasteiger partial charge on any atom is -0.466 e. The number of hydrogen-bond acceptors (Lipinski definition) is 5. The molecule has 26 heavy (non-hydrogen) atoms. The normalized spacial score (nSPS) is 17.5. The first-order valence-corrected chi connectivity index (χ1v) is 8.56. The Balaban J connectivity index is 0.00000338. The zero-order chi connectivity index (χ0) is 18.3. The third-order valence-corrected chi connectivity index (χ3v) is 3.95. The zero-order valence-corrected chi connectivity index (χ0v) is 17.5. The molecule has 1 aromatic rings. The summed E-state index contributed by atoms with van der Waals surface area (Å²) >= 11 is 0. The van der Waals surface area contributed by atoms with Gasteiger partial charge in [0.25, 0.3) is 0 Å². The molecule has 1 unspecified atom stereocenters. The van der Waals surface area contributed by atoms with Gasteiger partial charge in [-0.2, -0.15) is 0 Å². The molecule has 146 valence electrons. The summed E-state index contributed by atoms with van der Waals surface area (Å²) in [7, 11) is 0. The van der Waals surface area contributed by atoms with E-state index >= 15 is 0 Å². The van der Waals surface area contributed by atoms with E-state index in [1.54, 1.807) is 19.1 Å². The number of piperidine rings is 1. The first kappa shape index (κ1) is 22.4. The van der Waals surface area contributed by atoms with Crippen LogP contribution < -0.4 is 10.6 Å². The molecule has 0 bridgehead atoms. The number of rotatable bonds is 7. The third-order valence-electron chi connectivity index (χ3n) is 3.95. The van der Waals surface area contributed by atoms with Gasteiger partial charge < -0.3 is 20.2 Å². The van der Waals surface area contributed by atoms with Gasteiger partial charge in [0.2, 0.25) is 11.8 Å². The highest BCUT2D eigenvalue weighted by Crippen LogP contribution is 2.21. The lowest BCUT2D eigenvalue weighted by molar-refractivity contribution is -0.147. The van der Waals surface area contributed by atoms with Crippen molar-refractivity contribution in [3.63, 3.8) is 0 Å². The van der Waals surface area contributed by atoms with Gasteiger partial charge >= 0.3 is 0 Å². The van der Waals surface area contributed by atoms with Crippen molar-refractivity contribution in [1.82, 2.24) is 15.5 Å². The van der Waals surface area contributed by atoms with Gasteiger partial charge in [-0.1, -0.05) is 0 Å². The molecule has 3 N–H and O–H groups in total. The molecule has 0 radical (unpaired) electrons. The van der Waals surface area contributed by atoms with E-state index in [-0.39, 0.29) is 42.3 Å². The topological polar surface area (TPSA) is 107 Å². The Morgan fingerprint density at radius 1 is 1.35 bits per heavy atom. The molecule has 1 aromatic heterocycles. The fourth-order valence-electron chi connectivity index (χ4n) is 2.57. The highest BCUT2D eigenvalue weighted by Gasteiger charge is 2.27. The van der Waals surface area contributed by atoms with E-state index in [9.17, 15) is 14.7 Å². The second-order valence-corrected chi connectivity index (χ2v) is 6.17. The van der Waals surface area contributed by atoms with Crippen LogP contribution in [0.15, 0.2) is 27.8 Å². The Morgan fingerprint density at radius 2 is 2.04 bits per heavy atom. The van der Waals surface area contributed by atoms with Crippen LogP contribution in [0.25, 0.3) is 0 Å². The smallest absolute Gasteiger partial charge is 0.229 e. The Labute approximate surface area is 170 Å². The predicted molar refractivity (Wildman–Crippen MR) is 108 cm³/mol. The van der Waals surface area contributed by atoms with Crippen molar-refractivity contribution in [3.8, 4) is 0 Å². The van der Waals surface area contributed by atoms with Crippen LogP contribution in [-0.4, -0.2) is 54.0 Å². The number of carbonyl (C=O) groups excluding carboxylic acids is 2. The number of nitrogens with one attached hydrogen (secondary N) is 2. The average Bonchev–Trinajstić information content (AvgIpc) is 3.11. The lowest BCUT2D eigenvalue weighted by atomic mass is 10.0. The first-order valence-electron chi connectivity index (χ1n) is 8.56. The van der Waals surface area contributed by atoms with Crippen LogP contribution in [0.4, 0.5) is 0 Å². The summed E-state index contributed by atoms with van der Waals surface area (Å²) in [6.45, 7) is 5.01. The molecule has 2 rings (SSSR count). The van der Waals surface area contributed by atoms with Crippen molar-refractivity contribution >= 4 is 41.8 Å². The maximum atomic E-state index is 11.8. The van der Waals surface area contributed by atoms with Crippen LogP contribution in [0.2, 0.25) is 0 Å². The summed E-state index contributed by atoms with van der Waals surface area (Å²) in [5.74, 6) is 0.698. The number of hydrogen-bond donors (Lipinski definition) is 3. The molecule has 1 atom stereocenters. The first-order chi connectivity index (χ1) is 11.9. The number of likely N-dealkylation sites (tertiary alicyclic amines) is 1. The molecule has 0 aliphatic carbocycles. The Kier molecular flexibility index (Phi) is 9.06. The van der Waals surface area contributed by atoms with E-state index in [4.69, 9.17) is 4.42 Å². The van der Waals surface area contributed by atoms with Gasteiger partial charge in [-0.3, -0.25) is 14.5 Å². The van der Waals surface area contributed by atoms with E-state index in [1.165, 1.54) is 11.2 Å². The Morgan fingerprint density at radius 3 is 2.62 bits per heavy atom. The Hall–Kier alpha value is -1.62. The van der Waals surface area contributed by atoms with Crippen molar-refractivity contribution < 1.29 is 19.1 Å². The molecule has 0 spiro atoms. The molecule has 1 saturated heterocycles. The van der Waals surface area contributed by atoms with Crippen LogP contribution in [0.1, 0.15) is 38.9 Å². The van der Waals surface area contributed by atoms with Gasteiger partial charge in [0.1, 0.15) is 11.4 Å². The second kappa shape index (κ2) is 10.5. The quantitative estimate of drug-likeness (QED) is 0.235. The molecule has 1 fully saturated rings. The standard InChI is InChI=1S/C17H26N4O4.HI/c1-3-18-16(20-12-17(2,24)13-6-5-11-25-13)19-9-10-21-14(22)7-4-8-15(21)23;/h5-6,11,24H,3-4,7-10,12H2,1-2H3,(H2,18,19,20);1H. The van der Waals surface area contributed by atoms with Crippen LogP contribution in [0.5, 0.6) is 0 Å². The third kappa shape index (κ3) is 6.27. The summed E-state index contributed by atoms with van der Waals surface area (Å²) in [5, 5.41) is 16.6. The van der Waals surface area contributed by atoms with Crippen LogP contribution in [0, 0.1) is 0 Å². The van der Waals surface area contributed by atoms with E-state index in [0.29, 0.717) is 50.6 Å². The fourth-order valence-corrected chi connectivity index (χ4v) is 2.57. The van der Waals surface area contributed by atoms with Gasteiger partial charge in [-0.05, 0) is 32.4 Å². The highest BCUT2D eigenvalue weighted by atomic mass is 127. The largest absolute Gasteiger partial charge is 0.466 e. The van der Waals surface area contributed by atoms with Gasteiger partial charge in [0.05, 0.1) is 12.8 Å². The number of amides is 2. The SMILES string of the molecule is CCNC(=NCC(C)(O)c1ccco1)NCCN1C(=O)CCCC1=O.I. The number of imide groups is 1. The molecule has 1 aliphatic heterocycles. The van der Waals surface area contributed by atoms with Crippen LogP contribution >= 0.6 is 24.0 Å². The van der Waals surface area contributed by atoms with Crippen molar-refractivity contribution in [2.24, 2.45) is 4.99 Å². The number of halogens is 1. The van der Waals surface area contributed by atoms with Gasteiger partial charge in [0, 0.05) is 32.5 Å². The molecule has 8 nitrogen and oxygen atoms in total. The molecule has 2 amide bonds. The number of guanidine groups is 1. The van der Waals surface area contributed by atoms with Crippen molar-refractivity contribution in [2.45, 2.75) is 38.7 Å².